The highest BCUT2D eigenvalue weighted by Crippen LogP contribution is 2.24. The van der Waals surface area contributed by atoms with Crippen LogP contribution < -0.4 is 9.47 Å². The van der Waals surface area contributed by atoms with Crippen molar-refractivity contribution in [2.75, 3.05) is 13.7 Å². The van der Waals surface area contributed by atoms with E-state index in [1.807, 2.05) is 13.8 Å². The molecule has 2 rings (SSSR count). The fraction of sp³-hybridized carbons (Fsp3) is 0.467. The van der Waals surface area contributed by atoms with Crippen LogP contribution in [0.3, 0.4) is 0 Å². The predicted octanol–water partition coefficient (Wildman–Crippen LogP) is 2.10. The van der Waals surface area contributed by atoms with Crippen LogP contribution >= 0.6 is 0 Å². The molecule has 1 N–H and O–H groups in total. The van der Waals surface area contributed by atoms with Crippen molar-refractivity contribution < 1.29 is 24.1 Å². The third-order valence-corrected chi connectivity index (χ3v) is 2.95. The van der Waals surface area contributed by atoms with E-state index in [1.54, 1.807) is 37.5 Å². The molecule has 0 bridgehead atoms. The zero-order valence-electron chi connectivity index (χ0n) is 11.9. The number of hydrogen-bond acceptors (Lipinski definition) is 5. The average Bonchev–Trinajstić information content (AvgIpc) is 2.80. The molecule has 1 fully saturated rings. The Kier molecular flexibility index (Phi) is 4.65. The van der Waals surface area contributed by atoms with Crippen LogP contribution in [0.25, 0.3) is 0 Å². The smallest absolute Gasteiger partial charge is 0.163 e. The van der Waals surface area contributed by atoms with E-state index in [0.717, 1.165) is 5.75 Å². The monoisotopic (exact) mass is 280 g/mol. The minimum Gasteiger partial charge on any atom is -0.497 e. The fourth-order valence-corrected chi connectivity index (χ4v) is 1.86. The molecule has 1 aliphatic rings. The summed E-state index contributed by atoms with van der Waals surface area (Å²) in [6.07, 6.45) is 1.84. The summed E-state index contributed by atoms with van der Waals surface area (Å²) < 4.78 is 21.4. The number of ether oxygens (including phenoxy) is 4. The van der Waals surface area contributed by atoms with E-state index in [0.29, 0.717) is 12.4 Å². The molecule has 0 saturated carbocycles. The molecule has 5 heteroatoms. The Hall–Kier alpha value is -1.56. The molecule has 5 nitrogen and oxygen atoms in total. The van der Waals surface area contributed by atoms with Gasteiger partial charge in [-0.25, -0.2) is 0 Å². The molecule has 0 unspecified atom stereocenters. The summed E-state index contributed by atoms with van der Waals surface area (Å²) in [5.41, 5.74) is 0. The van der Waals surface area contributed by atoms with Crippen molar-refractivity contribution in [1.29, 1.82) is 0 Å². The second-order valence-corrected chi connectivity index (χ2v) is 4.98. The predicted molar refractivity (Wildman–Crippen MR) is 73.7 cm³/mol. The van der Waals surface area contributed by atoms with Gasteiger partial charge in [-0.05, 0) is 44.2 Å². The molecule has 1 aliphatic heterocycles. The van der Waals surface area contributed by atoms with Gasteiger partial charge in [0.2, 0.25) is 0 Å². The highest BCUT2D eigenvalue weighted by molar-refractivity contribution is 5.31. The van der Waals surface area contributed by atoms with Gasteiger partial charge in [0.1, 0.15) is 23.7 Å². The van der Waals surface area contributed by atoms with Crippen molar-refractivity contribution >= 4 is 0 Å². The van der Waals surface area contributed by atoms with Crippen molar-refractivity contribution in [2.24, 2.45) is 0 Å². The lowest BCUT2D eigenvalue weighted by Gasteiger charge is -2.18. The van der Waals surface area contributed by atoms with Crippen LogP contribution in [0.1, 0.15) is 13.8 Å². The third-order valence-electron chi connectivity index (χ3n) is 2.95. The summed E-state index contributed by atoms with van der Waals surface area (Å²) in [6.45, 7) is 4.00. The molecule has 0 spiro atoms. The SMILES string of the molecule is COc1ccc(O/C=C\[C@H](O)[C@H]2COC(C)(C)O2)cc1. The molecule has 20 heavy (non-hydrogen) atoms. The molecular weight excluding hydrogens is 260 g/mol. The molecule has 110 valence electrons. The van der Waals surface area contributed by atoms with Crippen LogP contribution in [0.4, 0.5) is 0 Å². The zero-order chi connectivity index (χ0) is 14.6. The number of hydrogen-bond donors (Lipinski definition) is 1. The molecule has 2 atom stereocenters. The summed E-state index contributed by atoms with van der Waals surface area (Å²) >= 11 is 0. The van der Waals surface area contributed by atoms with Crippen LogP contribution in [0.15, 0.2) is 36.6 Å². The topological polar surface area (TPSA) is 57.2 Å². The Morgan fingerprint density at radius 1 is 1.30 bits per heavy atom. The van der Waals surface area contributed by atoms with Crippen molar-refractivity contribution in [3.63, 3.8) is 0 Å². The Balaban J connectivity index is 1.83. The van der Waals surface area contributed by atoms with Gasteiger partial charge in [-0.1, -0.05) is 0 Å². The molecule has 1 aromatic rings. The first kappa shape index (κ1) is 14.8. The molecule has 1 saturated heterocycles. The van der Waals surface area contributed by atoms with Crippen LogP contribution in [0.2, 0.25) is 0 Å². The first-order chi connectivity index (χ1) is 9.50. The summed E-state index contributed by atoms with van der Waals surface area (Å²) in [4.78, 5) is 0. The number of methoxy groups -OCH3 is 1. The third kappa shape index (κ3) is 3.96. The Bertz CT molecular complexity index is 452. The van der Waals surface area contributed by atoms with Crippen LogP contribution in [-0.4, -0.2) is 36.8 Å². The minimum absolute atomic E-state index is 0.362. The van der Waals surface area contributed by atoms with E-state index in [1.165, 1.54) is 6.26 Å². The lowest BCUT2D eigenvalue weighted by Crippen LogP contribution is -2.29. The molecule has 0 aliphatic carbocycles. The number of aliphatic hydroxyl groups is 1. The van der Waals surface area contributed by atoms with Gasteiger partial charge < -0.3 is 24.1 Å². The van der Waals surface area contributed by atoms with Crippen molar-refractivity contribution in [2.45, 2.75) is 31.8 Å². The summed E-state index contributed by atoms with van der Waals surface area (Å²) in [5.74, 6) is 0.786. The van der Waals surface area contributed by atoms with Gasteiger partial charge in [-0.2, -0.15) is 0 Å². The number of aliphatic hydroxyl groups excluding tert-OH is 1. The van der Waals surface area contributed by atoms with E-state index in [-0.39, 0.29) is 6.10 Å². The van der Waals surface area contributed by atoms with Gasteiger partial charge in [0.15, 0.2) is 5.79 Å². The summed E-state index contributed by atoms with van der Waals surface area (Å²) in [5, 5.41) is 9.95. The second-order valence-electron chi connectivity index (χ2n) is 4.98. The normalized spacial score (nSPS) is 22.9. The van der Waals surface area contributed by atoms with Crippen molar-refractivity contribution in [1.82, 2.24) is 0 Å². The van der Waals surface area contributed by atoms with E-state index in [9.17, 15) is 5.11 Å². The molecule has 0 radical (unpaired) electrons. The van der Waals surface area contributed by atoms with Gasteiger partial charge in [0, 0.05) is 0 Å². The van der Waals surface area contributed by atoms with Crippen molar-refractivity contribution in [3.05, 3.63) is 36.6 Å². The summed E-state index contributed by atoms with van der Waals surface area (Å²) in [7, 11) is 1.61. The maximum absolute atomic E-state index is 9.95. The van der Waals surface area contributed by atoms with Crippen LogP contribution in [-0.2, 0) is 9.47 Å². The van der Waals surface area contributed by atoms with Crippen molar-refractivity contribution in [3.8, 4) is 11.5 Å². The minimum atomic E-state index is -0.768. The Morgan fingerprint density at radius 3 is 2.50 bits per heavy atom. The average molecular weight is 280 g/mol. The molecule has 1 aromatic carbocycles. The first-order valence-electron chi connectivity index (χ1n) is 6.47. The van der Waals surface area contributed by atoms with E-state index < -0.39 is 11.9 Å². The summed E-state index contributed by atoms with van der Waals surface area (Å²) in [6, 6.07) is 7.17. The van der Waals surface area contributed by atoms with E-state index in [4.69, 9.17) is 18.9 Å². The van der Waals surface area contributed by atoms with E-state index >= 15 is 0 Å². The number of benzene rings is 1. The Labute approximate surface area is 118 Å². The standard InChI is InChI=1S/C15H20O5/c1-15(2)19-10-14(20-15)13(16)8-9-18-12-6-4-11(17-3)5-7-12/h4-9,13-14,16H,10H2,1-3H3/b9-8-/t13-,14+/m0/s1. The second kappa shape index (κ2) is 6.26. The zero-order valence-corrected chi connectivity index (χ0v) is 11.9. The molecule has 0 aromatic heterocycles. The Morgan fingerprint density at radius 2 is 1.95 bits per heavy atom. The number of rotatable bonds is 5. The largest absolute Gasteiger partial charge is 0.497 e. The van der Waals surface area contributed by atoms with Gasteiger partial charge in [0.05, 0.1) is 20.0 Å². The molecular formula is C15H20O5. The quantitative estimate of drug-likeness (QED) is 0.837. The highest BCUT2D eigenvalue weighted by Gasteiger charge is 2.35. The molecule has 1 heterocycles. The van der Waals surface area contributed by atoms with Gasteiger partial charge in [-0.15, -0.1) is 0 Å². The van der Waals surface area contributed by atoms with Crippen LogP contribution in [0, 0.1) is 0 Å². The lowest BCUT2D eigenvalue weighted by molar-refractivity contribution is -0.147. The van der Waals surface area contributed by atoms with Gasteiger partial charge in [-0.3, -0.25) is 0 Å². The van der Waals surface area contributed by atoms with Crippen LogP contribution in [0.5, 0.6) is 11.5 Å². The highest BCUT2D eigenvalue weighted by atomic mass is 16.7. The van der Waals surface area contributed by atoms with Gasteiger partial charge >= 0.3 is 0 Å². The lowest BCUT2D eigenvalue weighted by atomic mass is 10.2. The maximum atomic E-state index is 9.95. The first-order valence-corrected chi connectivity index (χ1v) is 6.47. The van der Waals surface area contributed by atoms with Gasteiger partial charge in [0.25, 0.3) is 0 Å². The maximum Gasteiger partial charge on any atom is 0.163 e. The molecule has 0 amide bonds. The fourth-order valence-electron chi connectivity index (χ4n) is 1.86. The van der Waals surface area contributed by atoms with E-state index in [2.05, 4.69) is 0 Å².